The molecule has 1 unspecified atom stereocenters. The lowest BCUT2D eigenvalue weighted by molar-refractivity contribution is -0.137. The van der Waals surface area contributed by atoms with Gasteiger partial charge in [0.25, 0.3) is 0 Å². The summed E-state index contributed by atoms with van der Waals surface area (Å²) in [5, 5.41) is 3.14. The normalized spacial score (nSPS) is 13.2. The fraction of sp³-hybridized carbons (Fsp3) is 0.350. The topological polar surface area (TPSA) is 44.7 Å². The van der Waals surface area contributed by atoms with Gasteiger partial charge >= 0.3 is 6.18 Å². The monoisotopic (exact) mass is 411 g/mol. The van der Waals surface area contributed by atoms with Crippen LogP contribution in [0.2, 0.25) is 0 Å². The number of hydrogen-bond donors (Lipinski definition) is 1. The van der Waals surface area contributed by atoms with Gasteiger partial charge in [-0.25, -0.2) is 0 Å². The number of benzene rings is 2. The largest absolute Gasteiger partial charge is 0.416 e. The van der Waals surface area contributed by atoms with E-state index in [0.717, 1.165) is 23.3 Å². The highest BCUT2D eigenvalue weighted by Crippen LogP contribution is 2.29. The first-order valence-corrected chi connectivity index (χ1v) is 10.2. The summed E-state index contributed by atoms with van der Waals surface area (Å²) in [6.07, 6.45) is -4.34. The van der Waals surface area contributed by atoms with Crippen LogP contribution >= 0.6 is 0 Å². The molecule has 0 radical (unpaired) electrons. The van der Waals surface area contributed by atoms with Gasteiger partial charge in [-0.1, -0.05) is 42.5 Å². The Morgan fingerprint density at radius 2 is 1.71 bits per heavy atom. The molecular formula is C20H24F3N3OS. The lowest BCUT2D eigenvalue weighted by Crippen LogP contribution is -2.40. The van der Waals surface area contributed by atoms with Gasteiger partial charge in [0.1, 0.15) is 0 Å². The third-order valence-electron chi connectivity index (χ3n) is 4.06. The van der Waals surface area contributed by atoms with E-state index < -0.39 is 22.5 Å². The van der Waals surface area contributed by atoms with Gasteiger partial charge in [0.2, 0.25) is 0 Å². The Morgan fingerprint density at radius 3 is 2.29 bits per heavy atom. The second kappa shape index (κ2) is 10.3. The molecule has 4 nitrogen and oxygen atoms in total. The highest BCUT2D eigenvalue weighted by molar-refractivity contribution is 7.84. The Bertz CT molecular complexity index is 793. The quantitative estimate of drug-likeness (QED) is 0.559. The van der Waals surface area contributed by atoms with Crippen molar-refractivity contribution in [1.29, 1.82) is 0 Å². The molecule has 0 spiro atoms. The number of rotatable bonds is 7. The summed E-state index contributed by atoms with van der Waals surface area (Å²) in [7, 11) is 2.44. The fourth-order valence-corrected chi connectivity index (χ4v) is 3.68. The molecule has 2 aromatic rings. The van der Waals surface area contributed by atoms with Crippen LogP contribution < -0.4 is 5.32 Å². The van der Waals surface area contributed by atoms with E-state index in [1.54, 1.807) is 14.1 Å². The Labute approximate surface area is 165 Å². The molecule has 152 valence electrons. The maximum Gasteiger partial charge on any atom is 0.416 e. The zero-order valence-electron chi connectivity index (χ0n) is 15.9. The van der Waals surface area contributed by atoms with E-state index in [1.165, 1.54) is 12.1 Å². The molecular weight excluding hydrogens is 387 g/mol. The first kappa shape index (κ1) is 21.9. The van der Waals surface area contributed by atoms with Crippen molar-refractivity contribution in [2.24, 2.45) is 4.99 Å². The number of aliphatic imine (C=N–C) groups is 1. The Balaban J connectivity index is 1.81. The smallest absolute Gasteiger partial charge is 0.355 e. The van der Waals surface area contributed by atoms with Gasteiger partial charge in [0.05, 0.1) is 5.56 Å². The summed E-state index contributed by atoms with van der Waals surface area (Å²) in [5.74, 6) is 1.57. The average molecular weight is 411 g/mol. The van der Waals surface area contributed by atoms with Crippen LogP contribution in [0, 0.1) is 0 Å². The van der Waals surface area contributed by atoms with Crippen molar-refractivity contribution >= 4 is 16.8 Å². The van der Waals surface area contributed by atoms with E-state index in [1.807, 2.05) is 35.2 Å². The lowest BCUT2D eigenvalue weighted by Gasteiger charge is -2.22. The molecule has 0 fully saturated rings. The van der Waals surface area contributed by atoms with Crippen LogP contribution in [0.5, 0.6) is 0 Å². The number of alkyl halides is 3. The molecule has 0 aliphatic carbocycles. The Kier molecular flexibility index (Phi) is 8.04. The highest BCUT2D eigenvalue weighted by Gasteiger charge is 2.29. The number of hydrogen-bond acceptors (Lipinski definition) is 2. The maximum absolute atomic E-state index is 12.6. The predicted octanol–water partition coefficient (Wildman–Crippen LogP) is 3.66. The van der Waals surface area contributed by atoms with Gasteiger partial charge in [0.15, 0.2) is 5.96 Å². The van der Waals surface area contributed by atoms with E-state index in [0.29, 0.717) is 30.6 Å². The van der Waals surface area contributed by atoms with Crippen LogP contribution in [0.1, 0.15) is 16.7 Å². The van der Waals surface area contributed by atoms with Crippen molar-refractivity contribution in [2.75, 3.05) is 26.4 Å². The summed E-state index contributed by atoms with van der Waals surface area (Å²) in [4.78, 5) is 5.98. The minimum atomic E-state index is -4.34. The van der Waals surface area contributed by atoms with Crippen molar-refractivity contribution in [3.63, 3.8) is 0 Å². The van der Waals surface area contributed by atoms with Crippen LogP contribution in [-0.2, 0) is 29.3 Å². The van der Waals surface area contributed by atoms with Gasteiger partial charge in [-0.2, -0.15) is 13.2 Å². The Morgan fingerprint density at radius 1 is 1.07 bits per heavy atom. The Hall–Kier alpha value is -2.35. The summed E-state index contributed by atoms with van der Waals surface area (Å²) in [6, 6.07) is 14.7. The summed E-state index contributed by atoms with van der Waals surface area (Å²) < 4.78 is 50.1. The molecule has 0 saturated carbocycles. The second-order valence-corrected chi connectivity index (χ2v) is 7.88. The first-order chi connectivity index (χ1) is 13.3. The van der Waals surface area contributed by atoms with E-state index in [9.17, 15) is 17.4 Å². The minimum Gasteiger partial charge on any atom is -0.355 e. The average Bonchev–Trinajstić information content (AvgIpc) is 2.65. The maximum atomic E-state index is 12.6. The highest BCUT2D eigenvalue weighted by atomic mass is 32.2. The first-order valence-electron chi connectivity index (χ1n) is 8.76. The lowest BCUT2D eigenvalue weighted by atomic mass is 10.1. The number of halogens is 3. The number of nitrogens with zero attached hydrogens (tertiary/aromatic N) is 2. The number of nitrogens with one attached hydrogen (secondary N) is 1. The van der Waals surface area contributed by atoms with Crippen molar-refractivity contribution in [3.8, 4) is 0 Å². The van der Waals surface area contributed by atoms with Crippen LogP contribution in [0.25, 0.3) is 0 Å². The van der Waals surface area contributed by atoms with Crippen molar-refractivity contribution < 1.29 is 17.4 Å². The molecule has 8 heteroatoms. The summed E-state index contributed by atoms with van der Waals surface area (Å²) in [6.45, 7) is 0.897. The van der Waals surface area contributed by atoms with E-state index in [2.05, 4.69) is 10.3 Å². The molecule has 2 aromatic carbocycles. The van der Waals surface area contributed by atoms with Crippen molar-refractivity contribution in [2.45, 2.75) is 18.5 Å². The van der Waals surface area contributed by atoms with Gasteiger partial charge in [-0.15, -0.1) is 0 Å². The molecule has 0 amide bonds. The van der Waals surface area contributed by atoms with E-state index >= 15 is 0 Å². The molecule has 0 aliphatic rings. The van der Waals surface area contributed by atoms with Gasteiger partial charge in [-0.05, 0) is 23.3 Å². The summed E-state index contributed by atoms with van der Waals surface area (Å²) in [5.41, 5.74) is 1.11. The van der Waals surface area contributed by atoms with Crippen molar-refractivity contribution in [3.05, 3.63) is 71.3 Å². The van der Waals surface area contributed by atoms with Gasteiger partial charge in [-0.3, -0.25) is 9.20 Å². The third-order valence-corrected chi connectivity index (χ3v) is 5.37. The standard InChI is InChI=1S/C20H24F3N3OS/c1-24-19(25-12-13-28(27)15-17-6-4-3-5-7-17)26(2)14-16-8-10-18(11-9-16)20(21,22)23/h3-11H,12-15H2,1-2H3,(H,24,25). The molecule has 0 saturated heterocycles. The molecule has 1 N–H and O–H groups in total. The minimum absolute atomic E-state index is 0.408. The molecule has 0 aromatic heterocycles. The third kappa shape index (κ3) is 6.99. The second-order valence-electron chi connectivity index (χ2n) is 6.30. The molecule has 0 aliphatic heterocycles. The fourth-order valence-electron chi connectivity index (χ4n) is 2.64. The molecule has 2 rings (SSSR count). The van der Waals surface area contributed by atoms with Crippen LogP contribution in [0.4, 0.5) is 13.2 Å². The van der Waals surface area contributed by atoms with Gasteiger partial charge < -0.3 is 10.2 Å². The molecule has 1 atom stereocenters. The summed E-state index contributed by atoms with van der Waals surface area (Å²) >= 11 is 0. The zero-order valence-corrected chi connectivity index (χ0v) is 16.7. The molecule has 0 heterocycles. The van der Waals surface area contributed by atoms with E-state index in [-0.39, 0.29) is 0 Å². The predicted molar refractivity (Wildman–Crippen MR) is 107 cm³/mol. The SMILES string of the molecule is CN=C(NCCS(=O)Cc1ccccc1)N(C)Cc1ccc(C(F)(F)F)cc1. The zero-order chi connectivity index (χ0) is 20.6. The van der Waals surface area contributed by atoms with Crippen LogP contribution in [-0.4, -0.2) is 41.5 Å². The van der Waals surface area contributed by atoms with Crippen molar-refractivity contribution in [1.82, 2.24) is 10.2 Å². The van der Waals surface area contributed by atoms with Gasteiger partial charge in [0, 0.05) is 49.5 Å². The van der Waals surface area contributed by atoms with Crippen LogP contribution in [0.15, 0.2) is 59.6 Å². The molecule has 28 heavy (non-hydrogen) atoms. The van der Waals surface area contributed by atoms with Crippen LogP contribution in [0.3, 0.4) is 0 Å². The molecule has 0 bridgehead atoms. The van der Waals surface area contributed by atoms with E-state index in [4.69, 9.17) is 0 Å². The number of guanidine groups is 1.